The van der Waals surface area contributed by atoms with Crippen molar-refractivity contribution in [1.82, 2.24) is 14.6 Å². The lowest BCUT2D eigenvalue weighted by molar-refractivity contribution is 1.14. The Kier molecular flexibility index (Phi) is 2.30. The summed E-state index contributed by atoms with van der Waals surface area (Å²) in [5.74, 6) is 0. The Morgan fingerprint density at radius 2 is 2.31 bits per heavy atom. The molecular weight excluding hydrogens is 220 g/mol. The molecule has 0 amide bonds. The van der Waals surface area contributed by atoms with Crippen molar-refractivity contribution < 1.29 is 0 Å². The van der Waals surface area contributed by atoms with E-state index in [-0.39, 0.29) is 0 Å². The summed E-state index contributed by atoms with van der Waals surface area (Å²) in [6.07, 6.45) is 3.70. The molecule has 3 rings (SSSR count). The van der Waals surface area contributed by atoms with Crippen LogP contribution in [0.25, 0.3) is 10.9 Å². The predicted octanol–water partition coefficient (Wildman–Crippen LogP) is 2.63. The number of anilines is 1. The summed E-state index contributed by atoms with van der Waals surface area (Å²) in [5.41, 5.74) is 2.44. The van der Waals surface area contributed by atoms with Crippen molar-refractivity contribution in [2.45, 2.75) is 6.54 Å². The summed E-state index contributed by atoms with van der Waals surface area (Å²) in [7, 11) is 0. The molecule has 0 bridgehead atoms. The van der Waals surface area contributed by atoms with Crippen molar-refractivity contribution in [3.8, 4) is 0 Å². The fourth-order valence-corrected chi connectivity index (χ4v) is 2.15. The van der Waals surface area contributed by atoms with Crippen LogP contribution in [0.3, 0.4) is 0 Å². The Hall–Kier alpha value is -1.88. The average Bonchev–Trinajstić information content (AvgIpc) is 2.97. The van der Waals surface area contributed by atoms with Crippen LogP contribution in [-0.2, 0) is 6.54 Å². The fraction of sp³-hybridized carbons (Fsp3) is 0.0909. The lowest BCUT2D eigenvalue weighted by Crippen LogP contribution is -1.97. The van der Waals surface area contributed by atoms with Gasteiger partial charge in [-0.05, 0) is 17.7 Å². The van der Waals surface area contributed by atoms with Crippen molar-refractivity contribution >= 4 is 27.4 Å². The van der Waals surface area contributed by atoms with Gasteiger partial charge in [-0.15, -0.1) is 5.10 Å². The van der Waals surface area contributed by atoms with E-state index in [1.165, 1.54) is 28.0 Å². The summed E-state index contributed by atoms with van der Waals surface area (Å²) in [6, 6.07) is 8.35. The number of fused-ring (bicyclic) bond motifs is 1. The molecule has 0 unspecified atom stereocenters. The van der Waals surface area contributed by atoms with Gasteiger partial charge in [-0.2, -0.15) is 0 Å². The van der Waals surface area contributed by atoms with Crippen LogP contribution in [0.4, 0.5) is 5.00 Å². The molecule has 2 N–H and O–H groups in total. The van der Waals surface area contributed by atoms with E-state index in [0.717, 1.165) is 11.5 Å². The van der Waals surface area contributed by atoms with Crippen molar-refractivity contribution in [2.75, 3.05) is 5.32 Å². The van der Waals surface area contributed by atoms with E-state index in [2.05, 4.69) is 44.2 Å². The Labute approximate surface area is 96.5 Å². The molecule has 1 aromatic carbocycles. The highest BCUT2D eigenvalue weighted by Gasteiger charge is 2.01. The van der Waals surface area contributed by atoms with E-state index >= 15 is 0 Å². The van der Waals surface area contributed by atoms with E-state index in [4.69, 9.17) is 0 Å². The third kappa shape index (κ3) is 1.65. The molecule has 0 spiro atoms. The summed E-state index contributed by atoms with van der Waals surface area (Å²) in [5, 5.41) is 9.34. The van der Waals surface area contributed by atoms with Crippen LogP contribution in [0.1, 0.15) is 5.56 Å². The number of nitrogens with one attached hydrogen (secondary N) is 2. The zero-order valence-electron chi connectivity index (χ0n) is 8.47. The molecule has 0 radical (unpaired) electrons. The number of rotatable bonds is 3. The van der Waals surface area contributed by atoms with E-state index < -0.39 is 0 Å². The molecule has 80 valence electrons. The maximum atomic E-state index is 3.81. The standard InChI is InChI=1S/C11H10N4S/c1-2-8(6-13-11-7-14-15-16-11)9-4-5-12-10(9)3-1/h1-5,7,12-13H,6H2. The first-order chi connectivity index (χ1) is 7.93. The second-order valence-corrected chi connectivity index (χ2v) is 4.28. The number of hydrogen-bond acceptors (Lipinski definition) is 4. The van der Waals surface area contributed by atoms with Crippen LogP contribution in [0, 0.1) is 0 Å². The monoisotopic (exact) mass is 230 g/mol. The van der Waals surface area contributed by atoms with Gasteiger partial charge in [-0.25, -0.2) is 0 Å². The number of hydrogen-bond donors (Lipinski definition) is 2. The van der Waals surface area contributed by atoms with Crippen LogP contribution in [0.15, 0.2) is 36.7 Å². The largest absolute Gasteiger partial charge is 0.370 e. The molecule has 16 heavy (non-hydrogen) atoms. The van der Waals surface area contributed by atoms with Crippen molar-refractivity contribution in [1.29, 1.82) is 0 Å². The van der Waals surface area contributed by atoms with E-state index in [1.54, 1.807) is 6.20 Å². The molecule has 0 fully saturated rings. The minimum absolute atomic E-state index is 0.791. The Balaban J connectivity index is 1.86. The first kappa shape index (κ1) is 9.35. The predicted molar refractivity (Wildman–Crippen MR) is 65.5 cm³/mol. The summed E-state index contributed by atoms with van der Waals surface area (Å²) in [4.78, 5) is 3.20. The normalized spacial score (nSPS) is 10.8. The minimum Gasteiger partial charge on any atom is -0.370 e. The van der Waals surface area contributed by atoms with Gasteiger partial charge in [-0.1, -0.05) is 16.6 Å². The molecular formula is C11H10N4S. The van der Waals surface area contributed by atoms with Gasteiger partial charge in [0.1, 0.15) is 5.00 Å². The third-order valence-electron chi connectivity index (χ3n) is 2.50. The molecule has 0 saturated heterocycles. The molecule has 0 saturated carbocycles. The van der Waals surface area contributed by atoms with Crippen LogP contribution < -0.4 is 5.32 Å². The second kappa shape index (κ2) is 3.94. The smallest absolute Gasteiger partial charge is 0.130 e. The maximum Gasteiger partial charge on any atom is 0.130 e. The molecule has 0 aliphatic rings. The lowest BCUT2D eigenvalue weighted by atomic mass is 10.1. The SMILES string of the molecule is c1cc(CNc2cnns2)c2cc[nH]c2c1. The highest BCUT2D eigenvalue weighted by atomic mass is 32.1. The first-order valence-electron chi connectivity index (χ1n) is 5.00. The maximum absolute atomic E-state index is 3.81. The van der Waals surface area contributed by atoms with Gasteiger partial charge < -0.3 is 10.3 Å². The Bertz CT molecular complexity index is 585. The van der Waals surface area contributed by atoms with Crippen molar-refractivity contribution in [3.05, 3.63) is 42.2 Å². The third-order valence-corrected chi connectivity index (χ3v) is 3.12. The highest BCUT2D eigenvalue weighted by molar-refractivity contribution is 7.09. The van der Waals surface area contributed by atoms with E-state index in [1.807, 2.05) is 6.20 Å². The molecule has 5 heteroatoms. The van der Waals surface area contributed by atoms with Gasteiger partial charge >= 0.3 is 0 Å². The molecule has 2 aromatic heterocycles. The summed E-state index contributed by atoms with van der Waals surface area (Å²) in [6.45, 7) is 0.791. The molecule has 3 aromatic rings. The van der Waals surface area contributed by atoms with Crippen molar-refractivity contribution in [2.24, 2.45) is 0 Å². The number of benzene rings is 1. The molecule has 0 atom stereocenters. The van der Waals surface area contributed by atoms with Crippen LogP contribution in [-0.4, -0.2) is 14.6 Å². The molecule has 0 aliphatic heterocycles. The van der Waals surface area contributed by atoms with Gasteiger partial charge in [0.25, 0.3) is 0 Å². The zero-order valence-corrected chi connectivity index (χ0v) is 9.29. The Morgan fingerprint density at radius 3 is 3.19 bits per heavy atom. The second-order valence-electron chi connectivity index (χ2n) is 3.49. The molecule has 4 nitrogen and oxygen atoms in total. The first-order valence-corrected chi connectivity index (χ1v) is 5.77. The van der Waals surface area contributed by atoms with Crippen LogP contribution in [0.5, 0.6) is 0 Å². The quantitative estimate of drug-likeness (QED) is 0.727. The van der Waals surface area contributed by atoms with Crippen LogP contribution in [0.2, 0.25) is 0 Å². The average molecular weight is 230 g/mol. The molecule has 0 aliphatic carbocycles. The number of H-pyrrole nitrogens is 1. The molecule has 2 heterocycles. The van der Waals surface area contributed by atoms with E-state index in [0.29, 0.717) is 0 Å². The lowest BCUT2D eigenvalue weighted by Gasteiger charge is -2.04. The zero-order chi connectivity index (χ0) is 10.8. The fourth-order valence-electron chi connectivity index (χ4n) is 1.73. The number of aromatic nitrogens is 3. The van der Waals surface area contributed by atoms with Gasteiger partial charge in [0, 0.05) is 35.2 Å². The summed E-state index contributed by atoms with van der Waals surface area (Å²) < 4.78 is 3.81. The topological polar surface area (TPSA) is 53.6 Å². The summed E-state index contributed by atoms with van der Waals surface area (Å²) >= 11 is 1.37. The van der Waals surface area contributed by atoms with Gasteiger partial charge in [-0.3, -0.25) is 0 Å². The van der Waals surface area contributed by atoms with Gasteiger partial charge in [0.05, 0.1) is 6.20 Å². The van der Waals surface area contributed by atoms with Crippen LogP contribution >= 0.6 is 11.5 Å². The number of nitrogens with zero attached hydrogens (tertiary/aromatic N) is 2. The van der Waals surface area contributed by atoms with Gasteiger partial charge in [0.15, 0.2) is 0 Å². The van der Waals surface area contributed by atoms with E-state index in [9.17, 15) is 0 Å². The minimum atomic E-state index is 0.791. The Morgan fingerprint density at radius 1 is 1.31 bits per heavy atom. The van der Waals surface area contributed by atoms with Crippen molar-refractivity contribution in [3.63, 3.8) is 0 Å². The number of aromatic amines is 1. The highest BCUT2D eigenvalue weighted by Crippen LogP contribution is 2.19. The van der Waals surface area contributed by atoms with Gasteiger partial charge in [0.2, 0.25) is 0 Å².